The zero-order valence-electron chi connectivity index (χ0n) is 18.6. The molecule has 0 saturated heterocycles. The number of rotatable bonds is 9. The summed E-state index contributed by atoms with van der Waals surface area (Å²) in [7, 11) is 0. The molecule has 0 fully saturated rings. The average molecular weight is 472 g/mol. The third-order valence-corrected chi connectivity index (χ3v) is 4.74. The van der Waals surface area contributed by atoms with Crippen molar-refractivity contribution in [3.05, 3.63) is 71.3 Å². The molecular weight excluding hydrogens is 444 g/mol. The number of imide groups is 1. The van der Waals surface area contributed by atoms with Crippen molar-refractivity contribution in [3.63, 3.8) is 0 Å². The van der Waals surface area contributed by atoms with E-state index in [0.29, 0.717) is 17.7 Å². The molecule has 3 amide bonds. The van der Waals surface area contributed by atoms with Crippen LogP contribution in [0.15, 0.2) is 54.6 Å². The van der Waals surface area contributed by atoms with E-state index in [0.717, 1.165) is 4.90 Å². The van der Waals surface area contributed by atoms with Gasteiger partial charge in [-0.1, -0.05) is 30.3 Å². The molecule has 1 heterocycles. The zero-order chi connectivity index (χ0) is 24.9. The fourth-order valence-corrected chi connectivity index (χ4v) is 3.01. The van der Waals surface area contributed by atoms with Crippen molar-refractivity contribution in [3.8, 4) is 0 Å². The SMILES string of the molecule is NCCO.O=C(NCCN(CO)CCN1C(=O)c2ccccc2C1=O)OC(=O)c1ccccc1. The number of hydrogen-bond acceptors (Lipinski definition) is 9. The molecule has 0 spiro atoms. The smallest absolute Gasteiger partial charge is 0.395 e. The van der Waals surface area contributed by atoms with Crippen molar-refractivity contribution < 1.29 is 34.1 Å². The van der Waals surface area contributed by atoms with E-state index in [4.69, 9.17) is 10.8 Å². The number of nitrogens with two attached hydrogens (primary N) is 1. The molecule has 2 aromatic carbocycles. The van der Waals surface area contributed by atoms with Gasteiger partial charge in [-0.15, -0.1) is 0 Å². The number of ether oxygens (including phenoxy) is 1. The largest absolute Gasteiger partial charge is 0.415 e. The van der Waals surface area contributed by atoms with Gasteiger partial charge in [0.15, 0.2) is 0 Å². The number of esters is 1. The Hall–Kier alpha value is -3.64. The molecule has 0 atom stereocenters. The van der Waals surface area contributed by atoms with E-state index in [-0.39, 0.29) is 56.9 Å². The summed E-state index contributed by atoms with van der Waals surface area (Å²) < 4.78 is 4.69. The van der Waals surface area contributed by atoms with Gasteiger partial charge in [-0.3, -0.25) is 19.4 Å². The van der Waals surface area contributed by atoms with Crippen LogP contribution >= 0.6 is 0 Å². The molecule has 0 aliphatic carbocycles. The van der Waals surface area contributed by atoms with Crippen molar-refractivity contribution in [1.29, 1.82) is 0 Å². The van der Waals surface area contributed by atoms with Gasteiger partial charge < -0.3 is 26.0 Å². The highest BCUT2D eigenvalue weighted by molar-refractivity contribution is 6.21. The maximum atomic E-state index is 12.3. The minimum absolute atomic E-state index is 0.0972. The molecule has 0 bridgehead atoms. The van der Waals surface area contributed by atoms with Gasteiger partial charge >= 0.3 is 12.1 Å². The monoisotopic (exact) mass is 472 g/mol. The highest BCUT2D eigenvalue weighted by Gasteiger charge is 2.34. The second-order valence-electron chi connectivity index (χ2n) is 7.05. The number of carbonyl (C=O) groups excluding carboxylic acids is 4. The Labute approximate surface area is 196 Å². The maximum absolute atomic E-state index is 12.3. The molecule has 5 N–H and O–H groups in total. The van der Waals surface area contributed by atoms with E-state index in [2.05, 4.69) is 10.1 Å². The van der Waals surface area contributed by atoms with Crippen molar-refractivity contribution in [1.82, 2.24) is 15.1 Å². The molecule has 0 saturated carbocycles. The molecule has 0 unspecified atom stereocenters. The molecule has 0 aromatic heterocycles. The van der Waals surface area contributed by atoms with Crippen LogP contribution in [-0.2, 0) is 4.74 Å². The highest BCUT2D eigenvalue weighted by Crippen LogP contribution is 2.21. The number of alkyl carbamates (subject to hydrolysis) is 1. The predicted octanol–water partition coefficient (Wildman–Crippen LogP) is 0.0384. The Kier molecular flexibility index (Phi) is 10.8. The zero-order valence-corrected chi connectivity index (χ0v) is 18.6. The van der Waals surface area contributed by atoms with E-state index in [1.165, 1.54) is 12.1 Å². The first kappa shape index (κ1) is 26.6. The second kappa shape index (κ2) is 13.8. The number of fused-ring (bicyclic) bond motifs is 1. The normalized spacial score (nSPS) is 12.2. The van der Waals surface area contributed by atoms with Gasteiger partial charge in [0.2, 0.25) is 0 Å². The molecule has 2 aromatic rings. The lowest BCUT2D eigenvalue weighted by atomic mass is 10.1. The van der Waals surface area contributed by atoms with Gasteiger partial charge in [0.1, 0.15) is 0 Å². The number of aliphatic hydroxyl groups excluding tert-OH is 2. The first-order valence-electron chi connectivity index (χ1n) is 10.6. The summed E-state index contributed by atoms with van der Waals surface area (Å²) in [6.07, 6.45) is -0.901. The molecular formula is C23H28N4O7. The first-order valence-corrected chi connectivity index (χ1v) is 10.6. The fraction of sp³-hybridized carbons (Fsp3) is 0.304. The molecule has 3 rings (SSSR count). The second-order valence-corrected chi connectivity index (χ2v) is 7.05. The highest BCUT2D eigenvalue weighted by atomic mass is 16.6. The summed E-state index contributed by atoms with van der Waals surface area (Å²) in [5, 5.41) is 19.7. The minimum Gasteiger partial charge on any atom is -0.395 e. The van der Waals surface area contributed by atoms with Gasteiger partial charge in [0.05, 0.1) is 30.0 Å². The summed E-state index contributed by atoms with van der Waals surface area (Å²) in [5.74, 6) is -1.50. The van der Waals surface area contributed by atoms with Crippen LogP contribution in [0.25, 0.3) is 0 Å². The van der Waals surface area contributed by atoms with Crippen LogP contribution in [0.4, 0.5) is 4.79 Å². The third kappa shape index (κ3) is 7.46. The van der Waals surface area contributed by atoms with Crippen LogP contribution < -0.4 is 11.1 Å². The Morgan fingerprint density at radius 3 is 2.03 bits per heavy atom. The molecule has 11 heteroatoms. The lowest BCUT2D eigenvalue weighted by molar-refractivity contribution is 0.0584. The first-order chi connectivity index (χ1) is 16.4. The summed E-state index contributed by atoms with van der Waals surface area (Å²) in [6.45, 7) is 0.798. The lowest BCUT2D eigenvalue weighted by Crippen LogP contribution is -2.42. The molecule has 1 aliphatic heterocycles. The number of nitrogens with one attached hydrogen (secondary N) is 1. The van der Waals surface area contributed by atoms with E-state index in [1.54, 1.807) is 47.4 Å². The predicted molar refractivity (Wildman–Crippen MR) is 122 cm³/mol. The summed E-state index contributed by atoms with van der Waals surface area (Å²) in [6, 6.07) is 14.7. The van der Waals surface area contributed by atoms with E-state index < -0.39 is 12.1 Å². The van der Waals surface area contributed by atoms with Crippen molar-refractivity contribution >= 4 is 23.9 Å². The van der Waals surface area contributed by atoms with Gasteiger partial charge in [0.25, 0.3) is 11.8 Å². The van der Waals surface area contributed by atoms with Gasteiger partial charge in [-0.2, -0.15) is 0 Å². The summed E-state index contributed by atoms with van der Waals surface area (Å²) >= 11 is 0. The van der Waals surface area contributed by atoms with Crippen LogP contribution in [-0.4, -0.2) is 90.0 Å². The van der Waals surface area contributed by atoms with Crippen LogP contribution in [0.5, 0.6) is 0 Å². The number of aliphatic hydroxyl groups is 2. The Bertz CT molecular complexity index is 947. The van der Waals surface area contributed by atoms with Crippen molar-refractivity contribution in [2.24, 2.45) is 5.73 Å². The molecule has 182 valence electrons. The standard InChI is InChI=1S/C21H21N3O6.C2H7NO/c25-14-23(11-10-22-21(29)30-20(28)15-6-2-1-3-7-15)12-13-24-18(26)16-8-4-5-9-17(16)19(24)27;3-1-2-4/h1-9,25H,10-14H2,(H,22,29);4H,1-3H2. The van der Waals surface area contributed by atoms with Crippen LogP contribution in [0.1, 0.15) is 31.1 Å². The molecule has 1 aliphatic rings. The Morgan fingerprint density at radius 1 is 0.941 bits per heavy atom. The minimum atomic E-state index is -0.901. The molecule has 0 radical (unpaired) electrons. The fourth-order valence-electron chi connectivity index (χ4n) is 3.01. The Balaban J connectivity index is 0.000000945. The Morgan fingerprint density at radius 2 is 1.50 bits per heavy atom. The quantitative estimate of drug-likeness (QED) is 0.171. The number of hydrogen-bond donors (Lipinski definition) is 4. The summed E-state index contributed by atoms with van der Waals surface area (Å²) in [5.41, 5.74) is 5.77. The summed E-state index contributed by atoms with van der Waals surface area (Å²) in [4.78, 5) is 50.9. The average Bonchev–Trinajstić information content (AvgIpc) is 3.11. The topological polar surface area (TPSA) is 162 Å². The van der Waals surface area contributed by atoms with Gasteiger partial charge in [0, 0.05) is 32.7 Å². The van der Waals surface area contributed by atoms with Gasteiger partial charge in [-0.25, -0.2) is 9.59 Å². The number of nitrogens with zero attached hydrogens (tertiary/aromatic N) is 2. The van der Waals surface area contributed by atoms with E-state index in [1.807, 2.05) is 0 Å². The van der Waals surface area contributed by atoms with E-state index in [9.17, 15) is 24.3 Å². The third-order valence-electron chi connectivity index (χ3n) is 4.74. The molecule has 11 nitrogen and oxygen atoms in total. The van der Waals surface area contributed by atoms with Crippen LogP contribution in [0.3, 0.4) is 0 Å². The van der Waals surface area contributed by atoms with Crippen LogP contribution in [0, 0.1) is 0 Å². The van der Waals surface area contributed by atoms with Crippen LogP contribution in [0.2, 0.25) is 0 Å². The van der Waals surface area contributed by atoms with E-state index >= 15 is 0 Å². The number of benzene rings is 2. The van der Waals surface area contributed by atoms with Crippen molar-refractivity contribution in [2.75, 3.05) is 46.1 Å². The number of carbonyl (C=O) groups is 4. The molecule has 34 heavy (non-hydrogen) atoms. The van der Waals surface area contributed by atoms with Crippen molar-refractivity contribution in [2.45, 2.75) is 0 Å². The lowest BCUT2D eigenvalue weighted by Gasteiger charge is -2.22. The number of amides is 3. The van der Waals surface area contributed by atoms with Gasteiger partial charge in [-0.05, 0) is 24.3 Å². The maximum Gasteiger partial charge on any atom is 0.415 e.